The van der Waals surface area contributed by atoms with Crippen LogP contribution in [0.3, 0.4) is 0 Å². The number of hydrogen-bond acceptors (Lipinski definition) is 4. The number of aromatic nitrogens is 1. The van der Waals surface area contributed by atoms with Crippen molar-refractivity contribution in [3.05, 3.63) is 54.0 Å². The summed E-state index contributed by atoms with van der Waals surface area (Å²) in [6.07, 6.45) is 4.67. The van der Waals surface area contributed by atoms with E-state index in [0.717, 1.165) is 44.6 Å². The van der Waals surface area contributed by atoms with E-state index in [0.29, 0.717) is 18.4 Å². The van der Waals surface area contributed by atoms with Crippen molar-refractivity contribution in [2.24, 2.45) is 0 Å². The molecule has 0 radical (unpaired) electrons. The van der Waals surface area contributed by atoms with Crippen LogP contribution in [-0.2, 0) is 11.2 Å². The van der Waals surface area contributed by atoms with Gasteiger partial charge in [0.05, 0.1) is 6.54 Å². The molecule has 1 aromatic heterocycles. The van der Waals surface area contributed by atoms with Gasteiger partial charge in [-0.1, -0.05) is 18.2 Å². The molecule has 5 nitrogen and oxygen atoms in total. The smallest absolute Gasteiger partial charge is 0.241 e. The minimum Gasteiger partial charge on any atom is -0.348 e. The largest absolute Gasteiger partial charge is 0.348 e. The maximum atomic E-state index is 14.1. The Balaban J connectivity index is 1.27. The van der Waals surface area contributed by atoms with Gasteiger partial charge in [0.15, 0.2) is 11.6 Å². The highest BCUT2D eigenvalue weighted by molar-refractivity contribution is 5.96. The van der Waals surface area contributed by atoms with E-state index >= 15 is 0 Å². The number of anilines is 2. The van der Waals surface area contributed by atoms with Gasteiger partial charge in [-0.15, -0.1) is 0 Å². The van der Waals surface area contributed by atoms with Crippen LogP contribution in [0, 0.1) is 5.82 Å². The predicted molar refractivity (Wildman–Crippen MR) is 102 cm³/mol. The van der Waals surface area contributed by atoms with Gasteiger partial charge in [0, 0.05) is 43.6 Å². The monoisotopic (exact) mass is 366 g/mol. The van der Waals surface area contributed by atoms with E-state index in [1.165, 1.54) is 11.6 Å². The highest BCUT2D eigenvalue weighted by atomic mass is 19.1. The molecule has 4 heterocycles. The highest BCUT2D eigenvalue weighted by Crippen LogP contribution is 2.35. The number of likely N-dealkylation sites (tertiary alicyclic amines) is 1. The molecular weight excluding hydrogens is 343 g/mol. The number of piperazine rings is 1. The quantitative estimate of drug-likeness (QED) is 0.837. The van der Waals surface area contributed by atoms with Gasteiger partial charge in [0.1, 0.15) is 0 Å². The number of hydrogen-bond donors (Lipinski definition) is 0. The van der Waals surface area contributed by atoms with Crippen LogP contribution in [0.25, 0.3) is 0 Å². The lowest BCUT2D eigenvalue weighted by molar-refractivity contribution is -0.120. The molecule has 0 saturated carbocycles. The molecule has 27 heavy (non-hydrogen) atoms. The summed E-state index contributed by atoms with van der Waals surface area (Å²) in [5.41, 5.74) is 2.33. The van der Waals surface area contributed by atoms with Crippen molar-refractivity contribution in [3.63, 3.8) is 0 Å². The molecule has 2 fully saturated rings. The number of carbonyl (C=O) groups is 1. The molecule has 2 unspecified atom stereocenters. The lowest BCUT2D eigenvalue weighted by atomic mass is 10.0. The van der Waals surface area contributed by atoms with Gasteiger partial charge in [-0.05, 0) is 43.0 Å². The minimum atomic E-state index is -0.266. The third-order valence-electron chi connectivity index (χ3n) is 6.11. The van der Waals surface area contributed by atoms with E-state index in [4.69, 9.17) is 0 Å². The Kier molecular flexibility index (Phi) is 4.08. The van der Waals surface area contributed by atoms with Gasteiger partial charge < -0.3 is 9.80 Å². The summed E-state index contributed by atoms with van der Waals surface area (Å²) >= 11 is 0. The van der Waals surface area contributed by atoms with E-state index in [1.54, 1.807) is 12.3 Å². The molecule has 140 valence electrons. The normalized spacial score (nSPS) is 24.3. The maximum Gasteiger partial charge on any atom is 0.241 e. The van der Waals surface area contributed by atoms with Crippen molar-refractivity contribution < 1.29 is 9.18 Å². The number of halogens is 1. The lowest BCUT2D eigenvalue weighted by Gasteiger charge is -2.36. The number of nitrogens with zero attached hydrogens (tertiary/aromatic N) is 4. The second-order valence-electron chi connectivity index (χ2n) is 7.71. The molecule has 3 aliphatic rings. The van der Waals surface area contributed by atoms with Crippen LogP contribution >= 0.6 is 0 Å². The average molecular weight is 366 g/mol. The number of para-hydroxylation sites is 1. The molecule has 2 aromatic rings. The van der Waals surface area contributed by atoms with Crippen molar-refractivity contribution in [3.8, 4) is 0 Å². The third-order valence-corrected chi connectivity index (χ3v) is 6.11. The van der Waals surface area contributed by atoms with Crippen LogP contribution in [0.15, 0.2) is 42.6 Å². The van der Waals surface area contributed by atoms with Crippen LogP contribution < -0.4 is 9.80 Å². The van der Waals surface area contributed by atoms with Crippen molar-refractivity contribution in [1.82, 2.24) is 9.88 Å². The summed E-state index contributed by atoms with van der Waals surface area (Å²) in [6.45, 7) is 2.77. The van der Waals surface area contributed by atoms with E-state index < -0.39 is 0 Å². The molecular formula is C21H23FN4O. The van der Waals surface area contributed by atoms with E-state index in [1.807, 2.05) is 23.1 Å². The number of aryl methyl sites for hydroxylation is 1. The first kappa shape index (κ1) is 16.7. The minimum absolute atomic E-state index is 0.172. The number of benzene rings is 1. The standard InChI is InChI=1S/C21H23FN4O/c22-18-7-3-9-23-21(18)26-13-16-11-17(26)12-24(16)14-20(27)25-10-4-6-15-5-1-2-8-19(15)25/h1-3,5,7-9,16-17H,4,6,10-14H2. The van der Waals surface area contributed by atoms with Gasteiger partial charge in [0.25, 0.3) is 0 Å². The first-order valence-electron chi connectivity index (χ1n) is 9.70. The SMILES string of the molecule is O=C(CN1CC2CC1CN2c1ncccc1F)N1CCCc2ccccc21. The van der Waals surface area contributed by atoms with Crippen molar-refractivity contribution in [1.29, 1.82) is 0 Å². The van der Waals surface area contributed by atoms with Gasteiger partial charge in [-0.25, -0.2) is 9.37 Å². The van der Waals surface area contributed by atoms with Crippen molar-refractivity contribution in [2.45, 2.75) is 31.3 Å². The van der Waals surface area contributed by atoms with Crippen LogP contribution in [-0.4, -0.2) is 54.1 Å². The summed E-state index contributed by atoms with van der Waals surface area (Å²) in [4.78, 5) is 23.5. The third kappa shape index (κ3) is 2.88. The maximum absolute atomic E-state index is 14.1. The van der Waals surface area contributed by atoms with E-state index in [2.05, 4.69) is 20.9 Å². The summed E-state index contributed by atoms with van der Waals surface area (Å²) in [5.74, 6) is 0.351. The second kappa shape index (κ2) is 6.60. The Bertz CT molecular complexity index is 873. The van der Waals surface area contributed by atoms with Crippen molar-refractivity contribution >= 4 is 17.4 Å². The molecule has 2 saturated heterocycles. The summed E-state index contributed by atoms with van der Waals surface area (Å²) in [6, 6.07) is 11.8. The first-order chi connectivity index (χ1) is 13.2. The lowest BCUT2D eigenvalue weighted by Crippen LogP contribution is -2.51. The Morgan fingerprint density at radius 3 is 2.85 bits per heavy atom. The van der Waals surface area contributed by atoms with Gasteiger partial charge >= 0.3 is 0 Å². The Hall–Kier alpha value is -2.47. The van der Waals surface area contributed by atoms with Crippen LogP contribution in [0.1, 0.15) is 18.4 Å². The summed E-state index contributed by atoms with van der Waals surface area (Å²) in [5, 5.41) is 0. The average Bonchev–Trinajstić information content (AvgIpc) is 3.28. The predicted octanol–water partition coefficient (Wildman–Crippen LogP) is 2.46. The Morgan fingerprint density at radius 1 is 1.15 bits per heavy atom. The highest BCUT2D eigenvalue weighted by Gasteiger charge is 2.45. The van der Waals surface area contributed by atoms with E-state index in [-0.39, 0.29) is 17.8 Å². The van der Waals surface area contributed by atoms with Crippen LogP contribution in [0.5, 0.6) is 0 Å². The fourth-order valence-electron chi connectivity index (χ4n) is 4.84. The summed E-state index contributed by atoms with van der Waals surface area (Å²) in [7, 11) is 0. The topological polar surface area (TPSA) is 39.7 Å². The Labute approximate surface area is 158 Å². The number of amides is 1. The molecule has 6 heteroatoms. The molecule has 2 atom stereocenters. The molecule has 0 N–H and O–H groups in total. The van der Waals surface area contributed by atoms with Crippen molar-refractivity contribution in [2.75, 3.05) is 36.0 Å². The second-order valence-corrected chi connectivity index (χ2v) is 7.71. The molecule has 0 aliphatic carbocycles. The molecule has 1 aromatic carbocycles. The number of pyridine rings is 1. The van der Waals surface area contributed by atoms with Gasteiger partial charge in [0.2, 0.25) is 5.91 Å². The molecule has 1 amide bonds. The van der Waals surface area contributed by atoms with Crippen LogP contribution in [0.4, 0.5) is 15.9 Å². The fourth-order valence-corrected chi connectivity index (χ4v) is 4.84. The number of carbonyl (C=O) groups excluding carboxylic acids is 1. The molecule has 2 bridgehead atoms. The number of rotatable bonds is 3. The zero-order valence-electron chi connectivity index (χ0n) is 15.2. The van der Waals surface area contributed by atoms with Gasteiger partial charge in [-0.3, -0.25) is 9.69 Å². The first-order valence-corrected chi connectivity index (χ1v) is 9.70. The molecule has 3 aliphatic heterocycles. The summed E-state index contributed by atoms with van der Waals surface area (Å²) < 4.78 is 14.1. The Morgan fingerprint density at radius 2 is 2.04 bits per heavy atom. The number of fused-ring (bicyclic) bond motifs is 3. The van der Waals surface area contributed by atoms with Crippen LogP contribution in [0.2, 0.25) is 0 Å². The molecule has 5 rings (SSSR count). The zero-order chi connectivity index (χ0) is 18.4. The zero-order valence-corrected chi connectivity index (χ0v) is 15.2. The van der Waals surface area contributed by atoms with E-state index in [9.17, 15) is 9.18 Å². The molecule has 0 spiro atoms. The fraction of sp³-hybridized carbons (Fsp3) is 0.429. The van der Waals surface area contributed by atoms with Gasteiger partial charge in [-0.2, -0.15) is 0 Å².